The molecule has 11 heteroatoms. The predicted octanol–water partition coefficient (Wildman–Crippen LogP) is 1.77. The molecule has 190 valence electrons. The summed E-state index contributed by atoms with van der Waals surface area (Å²) in [5.74, 6) is 0.0424. The zero-order valence-corrected chi connectivity index (χ0v) is 21.2. The fraction of sp³-hybridized carbons (Fsp3) is 0.652. The molecule has 0 unspecified atom stereocenters. The normalized spacial score (nSPS) is 18.4. The van der Waals surface area contributed by atoms with E-state index in [0.29, 0.717) is 44.7 Å². The molecule has 0 aromatic heterocycles. The fourth-order valence-corrected chi connectivity index (χ4v) is 5.57. The summed E-state index contributed by atoms with van der Waals surface area (Å²) in [6.45, 7) is 7.73. The van der Waals surface area contributed by atoms with E-state index in [1.807, 2.05) is 20.8 Å². The molecule has 34 heavy (non-hydrogen) atoms. The zero-order valence-electron chi connectivity index (χ0n) is 20.3. The lowest BCUT2D eigenvalue weighted by Gasteiger charge is -2.33. The van der Waals surface area contributed by atoms with Crippen LogP contribution < -0.4 is 10.1 Å². The first-order valence-corrected chi connectivity index (χ1v) is 13.0. The highest BCUT2D eigenvalue weighted by molar-refractivity contribution is 7.89. The average molecular weight is 498 g/mol. The Morgan fingerprint density at radius 2 is 1.76 bits per heavy atom. The Hall–Kier alpha value is -2.37. The number of nitrogens with one attached hydrogen (secondary N) is 1. The number of piperidine rings is 1. The van der Waals surface area contributed by atoms with Gasteiger partial charge in [-0.3, -0.25) is 4.79 Å². The highest BCUT2D eigenvalue weighted by Gasteiger charge is 2.30. The van der Waals surface area contributed by atoms with Gasteiger partial charge < -0.3 is 24.4 Å². The second-order valence-corrected chi connectivity index (χ2v) is 11.4. The molecular formula is C23H35N3O7S. The molecule has 10 nitrogen and oxygen atoms in total. The number of morpholine rings is 1. The summed E-state index contributed by atoms with van der Waals surface area (Å²) < 4.78 is 43.6. The molecule has 1 aromatic rings. The van der Waals surface area contributed by atoms with Crippen molar-refractivity contribution in [3.63, 3.8) is 0 Å². The van der Waals surface area contributed by atoms with Gasteiger partial charge in [-0.25, -0.2) is 13.2 Å². The number of carbonyl (C=O) groups is 2. The van der Waals surface area contributed by atoms with Gasteiger partial charge in [0, 0.05) is 32.2 Å². The zero-order chi connectivity index (χ0) is 24.9. The summed E-state index contributed by atoms with van der Waals surface area (Å²) in [6, 6.07) is 4.73. The Labute approximate surface area is 201 Å². The van der Waals surface area contributed by atoms with Crippen LogP contribution in [0.15, 0.2) is 23.1 Å². The SMILES string of the molecule is COc1ccc(CC(=O)NC2CCN(C(=O)OC(C)(C)C)CC2)cc1S(=O)(=O)N1CCOCC1. The summed E-state index contributed by atoms with van der Waals surface area (Å²) in [5.41, 5.74) is 0.0329. The molecule has 2 aliphatic rings. The van der Waals surface area contributed by atoms with Crippen molar-refractivity contribution < 1.29 is 32.2 Å². The first kappa shape index (κ1) is 26.2. The molecule has 0 spiro atoms. The largest absolute Gasteiger partial charge is 0.495 e. The van der Waals surface area contributed by atoms with Gasteiger partial charge in [0.25, 0.3) is 0 Å². The molecule has 1 N–H and O–H groups in total. The lowest BCUT2D eigenvalue weighted by atomic mass is 10.0. The third-order valence-corrected chi connectivity index (χ3v) is 7.61. The molecule has 2 fully saturated rings. The number of benzene rings is 1. The van der Waals surface area contributed by atoms with Crippen molar-refractivity contribution in [3.05, 3.63) is 23.8 Å². The number of ether oxygens (including phenoxy) is 3. The Morgan fingerprint density at radius 1 is 1.12 bits per heavy atom. The van der Waals surface area contributed by atoms with Crippen molar-refractivity contribution in [1.29, 1.82) is 0 Å². The average Bonchev–Trinajstić information content (AvgIpc) is 2.79. The van der Waals surface area contributed by atoms with Crippen molar-refractivity contribution >= 4 is 22.0 Å². The van der Waals surface area contributed by atoms with Crippen molar-refractivity contribution in [2.24, 2.45) is 0 Å². The Morgan fingerprint density at radius 3 is 2.35 bits per heavy atom. The van der Waals surface area contributed by atoms with E-state index in [4.69, 9.17) is 14.2 Å². The molecular weight excluding hydrogens is 462 g/mol. The van der Waals surface area contributed by atoms with E-state index in [0.717, 1.165) is 0 Å². The van der Waals surface area contributed by atoms with Gasteiger partial charge in [0.15, 0.2) is 0 Å². The topological polar surface area (TPSA) is 114 Å². The number of hydrogen-bond acceptors (Lipinski definition) is 7. The molecule has 2 heterocycles. The first-order chi connectivity index (χ1) is 16.0. The number of methoxy groups -OCH3 is 1. The van der Waals surface area contributed by atoms with E-state index in [9.17, 15) is 18.0 Å². The quantitative estimate of drug-likeness (QED) is 0.637. The van der Waals surface area contributed by atoms with Crippen LogP contribution in [0.25, 0.3) is 0 Å². The van der Waals surface area contributed by atoms with Crippen LogP contribution in [0.4, 0.5) is 4.79 Å². The predicted molar refractivity (Wildman–Crippen MR) is 125 cm³/mol. The van der Waals surface area contributed by atoms with Gasteiger partial charge >= 0.3 is 6.09 Å². The van der Waals surface area contributed by atoms with Crippen molar-refractivity contribution in [1.82, 2.24) is 14.5 Å². The van der Waals surface area contributed by atoms with Crippen LogP contribution in [-0.4, -0.2) is 87.8 Å². The number of hydrogen-bond donors (Lipinski definition) is 1. The van der Waals surface area contributed by atoms with Crippen LogP contribution >= 0.6 is 0 Å². The highest BCUT2D eigenvalue weighted by atomic mass is 32.2. The summed E-state index contributed by atoms with van der Waals surface area (Å²) in [5, 5.41) is 3.00. The van der Waals surface area contributed by atoms with Gasteiger partial charge in [0.1, 0.15) is 16.2 Å². The smallest absolute Gasteiger partial charge is 0.410 e. The molecule has 2 amide bonds. The van der Waals surface area contributed by atoms with Gasteiger partial charge in [-0.1, -0.05) is 6.07 Å². The van der Waals surface area contributed by atoms with E-state index >= 15 is 0 Å². The number of rotatable bonds is 6. The number of carbonyl (C=O) groups excluding carboxylic acids is 2. The standard InChI is InChI=1S/C23H35N3O7S/c1-23(2,3)33-22(28)25-9-7-18(8-10-25)24-21(27)16-17-5-6-19(31-4)20(15-17)34(29,30)26-11-13-32-14-12-26/h5-6,15,18H,7-14,16H2,1-4H3,(H,24,27). The fourth-order valence-electron chi connectivity index (χ4n) is 3.96. The van der Waals surface area contributed by atoms with Crippen LogP contribution in [0, 0.1) is 0 Å². The second kappa shape index (κ2) is 10.9. The second-order valence-electron chi connectivity index (χ2n) is 9.49. The lowest BCUT2D eigenvalue weighted by molar-refractivity contribution is -0.121. The highest BCUT2D eigenvalue weighted by Crippen LogP contribution is 2.28. The van der Waals surface area contributed by atoms with Crippen molar-refractivity contribution in [2.45, 2.75) is 56.6 Å². The molecule has 0 saturated carbocycles. The third-order valence-electron chi connectivity index (χ3n) is 5.69. The van der Waals surface area contributed by atoms with Gasteiger partial charge in [-0.05, 0) is 51.3 Å². The van der Waals surface area contributed by atoms with Crippen LogP contribution in [0.5, 0.6) is 5.75 Å². The number of sulfonamides is 1. The Kier molecular flexibility index (Phi) is 8.43. The van der Waals surface area contributed by atoms with E-state index in [1.165, 1.54) is 17.5 Å². The molecule has 0 aliphatic carbocycles. The molecule has 2 aliphatic heterocycles. The van der Waals surface area contributed by atoms with Crippen LogP contribution in [0.3, 0.4) is 0 Å². The molecule has 0 bridgehead atoms. The summed E-state index contributed by atoms with van der Waals surface area (Å²) in [7, 11) is -2.35. The number of likely N-dealkylation sites (tertiary alicyclic amines) is 1. The minimum absolute atomic E-state index is 0.0436. The molecule has 1 aromatic carbocycles. The summed E-state index contributed by atoms with van der Waals surface area (Å²) in [4.78, 5) is 26.6. The molecule has 0 radical (unpaired) electrons. The minimum atomic E-state index is -3.77. The van der Waals surface area contributed by atoms with Crippen LogP contribution in [0.1, 0.15) is 39.2 Å². The van der Waals surface area contributed by atoms with Crippen LogP contribution in [-0.2, 0) is 30.7 Å². The maximum absolute atomic E-state index is 13.1. The third kappa shape index (κ3) is 6.83. The Balaban J connectivity index is 1.59. The van der Waals surface area contributed by atoms with E-state index in [1.54, 1.807) is 17.0 Å². The van der Waals surface area contributed by atoms with E-state index < -0.39 is 15.6 Å². The minimum Gasteiger partial charge on any atom is -0.495 e. The van der Waals surface area contributed by atoms with Gasteiger partial charge in [-0.2, -0.15) is 4.31 Å². The number of nitrogens with zero attached hydrogens (tertiary/aromatic N) is 2. The van der Waals surface area contributed by atoms with Crippen molar-refractivity contribution in [2.75, 3.05) is 46.5 Å². The molecule has 3 rings (SSSR count). The Bertz CT molecular complexity index is 977. The van der Waals surface area contributed by atoms with E-state index in [-0.39, 0.29) is 48.2 Å². The van der Waals surface area contributed by atoms with Crippen LogP contribution in [0.2, 0.25) is 0 Å². The van der Waals surface area contributed by atoms with Gasteiger partial charge in [0.2, 0.25) is 15.9 Å². The van der Waals surface area contributed by atoms with Gasteiger partial charge in [0.05, 0.1) is 26.7 Å². The number of amides is 2. The maximum atomic E-state index is 13.1. The van der Waals surface area contributed by atoms with E-state index in [2.05, 4.69) is 5.32 Å². The first-order valence-electron chi connectivity index (χ1n) is 11.5. The summed E-state index contributed by atoms with van der Waals surface area (Å²) >= 11 is 0. The maximum Gasteiger partial charge on any atom is 0.410 e. The summed E-state index contributed by atoms with van der Waals surface area (Å²) in [6.07, 6.45) is 0.959. The van der Waals surface area contributed by atoms with Gasteiger partial charge in [-0.15, -0.1) is 0 Å². The lowest BCUT2D eigenvalue weighted by Crippen LogP contribution is -2.48. The van der Waals surface area contributed by atoms with Crippen molar-refractivity contribution in [3.8, 4) is 5.75 Å². The molecule has 2 saturated heterocycles. The molecule has 0 atom stereocenters. The monoisotopic (exact) mass is 497 g/mol.